The summed E-state index contributed by atoms with van der Waals surface area (Å²) in [5.41, 5.74) is 10.3. The predicted molar refractivity (Wildman–Crippen MR) is 41.4 cm³/mol. The zero-order valence-corrected chi connectivity index (χ0v) is 6.35. The summed E-state index contributed by atoms with van der Waals surface area (Å²) in [4.78, 5) is 21.2. The highest BCUT2D eigenvalue weighted by Crippen LogP contribution is 2.13. The maximum absolute atomic E-state index is 10.6. The molecule has 58 valence electrons. The van der Waals surface area contributed by atoms with Gasteiger partial charge in [0.1, 0.15) is 0 Å². The number of thiophene rings is 1. The van der Waals surface area contributed by atoms with Gasteiger partial charge in [0, 0.05) is 10.8 Å². The van der Waals surface area contributed by atoms with Crippen LogP contribution in [0.2, 0.25) is 0 Å². The molecule has 5 heteroatoms. The summed E-state index contributed by atoms with van der Waals surface area (Å²) in [5, 5.41) is 3.00. The fourth-order valence-electron chi connectivity index (χ4n) is 0.679. The van der Waals surface area contributed by atoms with Crippen molar-refractivity contribution in [2.45, 2.75) is 0 Å². The molecule has 0 aliphatic heterocycles. The van der Waals surface area contributed by atoms with E-state index in [4.69, 9.17) is 11.5 Å². The molecule has 0 bridgehead atoms. The first kappa shape index (κ1) is 7.74. The van der Waals surface area contributed by atoms with Crippen LogP contribution in [0.3, 0.4) is 0 Å². The van der Waals surface area contributed by atoms with Gasteiger partial charge in [0.25, 0.3) is 0 Å². The summed E-state index contributed by atoms with van der Waals surface area (Å²) in [6.45, 7) is 0. The van der Waals surface area contributed by atoms with Gasteiger partial charge in [-0.25, -0.2) is 0 Å². The van der Waals surface area contributed by atoms with Crippen molar-refractivity contribution in [2.75, 3.05) is 0 Å². The third-order valence-electron chi connectivity index (χ3n) is 1.19. The van der Waals surface area contributed by atoms with E-state index in [1.807, 2.05) is 0 Å². The van der Waals surface area contributed by atoms with Gasteiger partial charge in [0.2, 0.25) is 11.8 Å². The van der Waals surface area contributed by atoms with Crippen LogP contribution in [0.5, 0.6) is 0 Å². The van der Waals surface area contributed by atoms with E-state index in [0.29, 0.717) is 0 Å². The summed E-state index contributed by atoms with van der Waals surface area (Å²) in [7, 11) is 0. The van der Waals surface area contributed by atoms with Crippen molar-refractivity contribution in [3.63, 3.8) is 0 Å². The molecule has 0 atom stereocenters. The highest BCUT2D eigenvalue weighted by molar-refractivity contribution is 7.08. The van der Waals surface area contributed by atoms with E-state index in [1.165, 1.54) is 22.1 Å². The smallest absolute Gasteiger partial charge is 0.250 e. The van der Waals surface area contributed by atoms with Crippen molar-refractivity contribution in [1.82, 2.24) is 0 Å². The maximum atomic E-state index is 10.6. The number of hydrogen-bond acceptors (Lipinski definition) is 3. The summed E-state index contributed by atoms with van der Waals surface area (Å²) >= 11 is 1.22. The molecule has 1 aromatic rings. The average Bonchev–Trinajstić information content (AvgIpc) is 2.32. The Balaban J connectivity index is 3.16. The first-order valence-corrected chi connectivity index (χ1v) is 3.73. The van der Waals surface area contributed by atoms with Crippen LogP contribution in [-0.4, -0.2) is 11.8 Å². The van der Waals surface area contributed by atoms with Crippen molar-refractivity contribution in [1.29, 1.82) is 0 Å². The molecule has 0 saturated heterocycles. The molecule has 1 rings (SSSR count). The van der Waals surface area contributed by atoms with Gasteiger partial charge in [0.05, 0.1) is 11.1 Å². The number of carbonyl (C=O) groups excluding carboxylic acids is 2. The Hall–Kier alpha value is -1.36. The van der Waals surface area contributed by atoms with Crippen molar-refractivity contribution >= 4 is 23.2 Å². The van der Waals surface area contributed by atoms with Gasteiger partial charge in [-0.1, -0.05) is 0 Å². The largest absolute Gasteiger partial charge is 0.366 e. The summed E-state index contributed by atoms with van der Waals surface area (Å²) in [6, 6.07) is 0. The Bertz CT molecular complexity index is 277. The summed E-state index contributed by atoms with van der Waals surface area (Å²) < 4.78 is 0. The van der Waals surface area contributed by atoms with Gasteiger partial charge in [-0.3, -0.25) is 9.59 Å². The quantitative estimate of drug-likeness (QED) is 0.651. The molecule has 1 heterocycles. The molecule has 4 N–H and O–H groups in total. The molecule has 1 aromatic heterocycles. The molecular formula is C6H6N2O2S. The van der Waals surface area contributed by atoms with Gasteiger partial charge in [0.15, 0.2) is 0 Å². The molecule has 2 amide bonds. The lowest BCUT2D eigenvalue weighted by molar-refractivity contribution is 0.0968. The van der Waals surface area contributed by atoms with E-state index < -0.39 is 11.8 Å². The van der Waals surface area contributed by atoms with E-state index in [1.54, 1.807) is 0 Å². The zero-order valence-electron chi connectivity index (χ0n) is 5.53. The normalized spacial score (nSPS) is 9.45. The molecule has 0 aromatic carbocycles. The average molecular weight is 170 g/mol. The van der Waals surface area contributed by atoms with Crippen LogP contribution in [0.4, 0.5) is 0 Å². The lowest BCUT2D eigenvalue weighted by atomic mass is 10.2. The lowest BCUT2D eigenvalue weighted by Crippen LogP contribution is -2.18. The first-order chi connectivity index (χ1) is 5.13. The minimum absolute atomic E-state index is 0.197. The number of primary amides is 2. The predicted octanol–water partition coefficient (Wildman–Crippen LogP) is -0.0541. The second-order valence-electron chi connectivity index (χ2n) is 1.93. The Morgan fingerprint density at radius 2 is 1.45 bits per heavy atom. The van der Waals surface area contributed by atoms with Gasteiger partial charge in [-0.05, 0) is 0 Å². The highest BCUT2D eigenvalue weighted by Gasteiger charge is 2.12. The molecule has 0 saturated carbocycles. The Kier molecular flexibility index (Phi) is 1.91. The van der Waals surface area contributed by atoms with Crippen molar-refractivity contribution in [3.8, 4) is 0 Å². The molecular weight excluding hydrogens is 164 g/mol. The van der Waals surface area contributed by atoms with Crippen LogP contribution in [0.15, 0.2) is 10.8 Å². The van der Waals surface area contributed by atoms with Crippen LogP contribution in [0.25, 0.3) is 0 Å². The van der Waals surface area contributed by atoms with E-state index in [9.17, 15) is 9.59 Å². The van der Waals surface area contributed by atoms with Crippen LogP contribution < -0.4 is 11.5 Å². The maximum Gasteiger partial charge on any atom is 0.250 e. The molecule has 0 radical (unpaired) electrons. The van der Waals surface area contributed by atoms with Crippen LogP contribution in [0, 0.1) is 0 Å². The number of rotatable bonds is 2. The van der Waals surface area contributed by atoms with Crippen molar-refractivity contribution in [2.24, 2.45) is 11.5 Å². The summed E-state index contributed by atoms with van der Waals surface area (Å²) in [6.07, 6.45) is 0. The van der Waals surface area contributed by atoms with Gasteiger partial charge < -0.3 is 11.5 Å². The molecule has 0 aliphatic carbocycles. The topological polar surface area (TPSA) is 86.2 Å². The SMILES string of the molecule is NC(=O)c1cscc1C(N)=O. The summed E-state index contributed by atoms with van der Waals surface area (Å²) in [5.74, 6) is -1.25. The van der Waals surface area contributed by atoms with Crippen molar-refractivity contribution < 1.29 is 9.59 Å². The first-order valence-electron chi connectivity index (χ1n) is 2.78. The Morgan fingerprint density at radius 3 is 1.73 bits per heavy atom. The van der Waals surface area contributed by atoms with E-state index in [-0.39, 0.29) is 11.1 Å². The van der Waals surface area contributed by atoms with Gasteiger partial charge in [-0.2, -0.15) is 11.3 Å². The third kappa shape index (κ3) is 1.38. The van der Waals surface area contributed by atoms with E-state index in [0.717, 1.165) is 0 Å². The Morgan fingerprint density at radius 1 is 1.09 bits per heavy atom. The standard InChI is InChI=1S/C6H6N2O2S/c7-5(9)3-1-11-2-4(3)6(8)10/h1-2H,(H2,7,9)(H2,8,10). The van der Waals surface area contributed by atoms with Crippen LogP contribution >= 0.6 is 11.3 Å². The molecule has 0 fully saturated rings. The monoisotopic (exact) mass is 170 g/mol. The number of hydrogen-bond donors (Lipinski definition) is 2. The second kappa shape index (κ2) is 2.71. The molecule has 0 unspecified atom stereocenters. The van der Waals surface area contributed by atoms with Crippen LogP contribution in [-0.2, 0) is 0 Å². The van der Waals surface area contributed by atoms with Gasteiger partial charge >= 0.3 is 0 Å². The fourth-order valence-corrected chi connectivity index (χ4v) is 1.51. The van der Waals surface area contributed by atoms with Crippen molar-refractivity contribution in [3.05, 3.63) is 21.9 Å². The molecule has 4 nitrogen and oxygen atoms in total. The minimum atomic E-state index is -0.625. The fraction of sp³-hybridized carbons (Fsp3) is 0. The lowest BCUT2D eigenvalue weighted by Gasteiger charge is -1.92. The second-order valence-corrected chi connectivity index (χ2v) is 2.67. The number of nitrogens with two attached hydrogens (primary N) is 2. The van der Waals surface area contributed by atoms with Crippen LogP contribution in [0.1, 0.15) is 20.7 Å². The van der Waals surface area contributed by atoms with E-state index in [2.05, 4.69) is 0 Å². The third-order valence-corrected chi connectivity index (χ3v) is 1.94. The minimum Gasteiger partial charge on any atom is -0.366 e. The highest BCUT2D eigenvalue weighted by atomic mass is 32.1. The van der Waals surface area contributed by atoms with Gasteiger partial charge in [-0.15, -0.1) is 0 Å². The molecule has 11 heavy (non-hydrogen) atoms. The zero-order chi connectivity index (χ0) is 8.43. The molecule has 0 aliphatic rings. The molecule has 0 spiro atoms. The number of carbonyl (C=O) groups is 2. The van der Waals surface area contributed by atoms with E-state index >= 15 is 0 Å². The Labute approximate surface area is 66.8 Å². The number of amides is 2.